The number of anilines is 1. The van der Waals surface area contributed by atoms with Gasteiger partial charge in [-0.1, -0.05) is 5.16 Å². The molecule has 2 amide bonds. The predicted octanol–water partition coefficient (Wildman–Crippen LogP) is -0.195. The number of rotatable bonds is 6. The fourth-order valence-corrected chi connectivity index (χ4v) is 0.840. The second-order valence-electron chi connectivity index (χ2n) is 2.59. The van der Waals surface area contributed by atoms with Gasteiger partial charge >= 0.3 is 6.03 Å². The molecule has 0 saturated carbocycles. The minimum atomic E-state index is -0.389. The van der Waals surface area contributed by atoms with E-state index in [1.165, 1.54) is 12.3 Å². The van der Waals surface area contributed by atoms with Gasteiger partial charge in [-0.05, 0) is 0 Å². The minimum Gasteiger partial charge on any atom is -0.394 e. The van der Waals surface area contributed by atoms with Crippen LogP contribution in [-0.4, -0.2) is 42.7 Å². The molecule has 1 heterocycles. The third-order valence-electron chi connectivity index (χ3n) is 1.44. The van der Waals surface area contributed by atoms with Crippen molar-refractivity contribution in [3.05, 3.63) is 12.3 Å². The Kier molecular flexibility index (Phi) is 5.20. The Morgan fingerprint density at radius 2 is 2.47 bits per heavy atom. The molecule has 0 aliphatic heterocycles. The van der Waals surface area contributed by atoms with Gasteiger partial charge in [-0.2, -0.15) is 0 Å². The van der Waals surface area contributed by atoms with E-state index in [4.69, 9.17) is 9.84 Å². The van der Waals surface area contributed by atoms with E-state index < -0.39 is 0 Å². The maximum absolute atomic E-state index is 11.1. The molecule has 0 saturated heterocycles. The summed E-state index contributed by atoms with van der Waals surface area (Å²) in [7, 11) is 0. The van der Waals surface area contributed by atoms with Crippen molar-refractivity contribution < 1.29 is 19.2 Å². The van der Waals surface area contributed by atoms with Gasteiger partial charge in [-0.25, -0.2) is 4.79 Å². The molecule has 84 valence electrons. The second-order valence-corrected chi connectivity index (χ2v) is 2.59. The Hall–Kier alpha value is -1.60. The summed E-state index contributed by atoms with van der Waals surface area (Å²) in [6, 6.07) is 1.14. The molecule has 0 atom stereocenters. The number of aliphatic hydroxyl groups is 1. The van der Waals surface area contributed by atoms with Crippen LogP contribution in [0.1, 0.15) is 0 Å². The van der Waals surface area contributed by atoms with Crippen molar-refractivity contribution in [2.75, 3.05) is 31.7 Å². The van der Waals surface area contributed by atoms with Crippen LogP contribution in [0.2, 0.25) is 0 Å². The normalized spacial score (nSPS) is 9.93. The average Bonchev–Trinajstić information content (AvgIpc) is 2.70. The maximum Gasteiger partial charge on any atom is 0.321 e. The average molecular weight is 215 g/mol. The van der Waals surface area contributed by atoms with Crippen LogP contribution in [0, 0.1) is 0 Å². The van der Waals surface area contributed by atoms with E-state index in [1.54, 1.807) is 0 Å². The summed E-state index contributed by atoms with van der Waals surface area (Å²) in [6.45, 7) is 0.958. The van der Waals surface area contributed by atoms with E-state index in [-0.39, 0.29) is 25.1 Å². The molecule has 3 N–H and O–H groups in total. The molecular weight excluding hydrogens is 202 g/mol. The fraction of sp³-hybridized carbons (Fsp3) is 0.500. The molecule has 1 aromatic heterocycles. The van der Waals surface area contributed by atoms with Crippen molar-refractivity contribution >= 4 is 11.9 Å². The topological polar surface area (TPSA) is 96.6 Å². The van der Waals surface area contributed by atoms with Gasteiger partial charge < -0.3 is 19.7 Å². The Labute approximate surface area is 86.4 Å². The van der Waals surface area contributed by atoms with Gasteiger partial charge in [0.1, 0.15) is 0 Å². The molecule has 0 fully saturated rings. The lowest BCUT2D eigenvalue weighted by molar-refractivity contribution is 0.0949. The predicted molar refractivity (Wildman–Crippen MR) is 51.4 cm³/mol. The zero-order chi connectivity index (χ0) is 10.9. The number of nitrogens with zero attached hydrogens (tertiary/aromatic N) is 1. The summed E-state index contributed by atoms with van der Waals surface area (Å²) in [5.74, 6) is 0.281. The van der Waals surface area contributed by atoms with E-state index in [0.717, 1.165) is 0 Å². The van der Waals surface area contributed by atoms with Crippen molar-refractivity contribution in [3.8, 4) is 0 Å². The molecule has 0 bridgehead atoms. The molecule has 0 aliphatic carbocycles. The number of amides is 2. The highest BCUT2D eigenvalue weighted by atomic mass is 16.5. The van der Waals surface area contributed by atoms with Gasteiger partial charge in [0.05, 0.1) is 26.0 Å². The second kappa shape index (κ2) is 6.80. The number of ether oxygens (including phenoxy) is 1. The van der Waals surface area contributed by atoms with Crippen LogP contribution in [0.3, 0.4) is 0 Å². The van der Waals surface area contributed by atoms with Gasteiger partial charge in [0.2, 0.25) is 5.88 Å². The van der Waals surface area contributed by atoms with Crippen molar-refractivity contribution in [3.63, 3.8) is 0 Å². The van der Waals surface area contributed by atoms with Crippen LogP contribution in [0.25, 0.3) is 0 Å². The molecule has 0 unspecified atom stereocenters. The first-order valence-corrected chi connectivity index (χ1v) is 4.47. The van der Waals surface area contributed by atoms with Crippen molar-refractivity contribution in [1.29, 1.82) is 0 Å². The van der Waals surface area contributed by atoms with Crippen LogP contribution in [-0.2, 0) is 4.74 Å². The number of aliphatic hydroxyl groups excluding tert-OH is 1. The van der Waals surface area contributed by atoms with Crippen LogP contribution >= 0.6 is 0 Å². The largest absolute Gasteiger partial charge is 0.394 e. The third-order valence-corrected chi connectivity index (χ3v) is 1.44. The summed E-state index contributed by atoms with van der Waals surface area (Å²) in [5, 5.41) is 16.8. The number of nitrogens with one attached hydrogen (secondary N) is 2. The fourth-order valence-electron chi connectivity index (χ4n) is 0.840. The van der Waals surface area contributed by atoms with E-state index in [9.17, 15) is 4.79 Å². The Bertz CT molecular complexity index is 275. The molecule has 1 rings (SSSR count). The molecule has 0 spiro atoms. The number of hydrogen-bond acceptors (Lipinski definition) is 5. The number of carbonyl (C=O) groups is 1. The molecule has 7 heteroatoms. The standard InChI is InChI=1S/C8H13N3O4/c12-4-6-14-5-3-9-8(13)11-7-1-2-10-15-7/h1-2,12H,3-6H2,(H2,9,11,13). The SMILES string of the molecule is O=C(NCCOCCO)Nc1ccno1. The molecule has 0 aromatic carbocycles. The highest BCUT2D eigenvalue weighted by Gasteiger charge is 2.02. The Morgan fingerprint density at radius 3 is 3.13 bits per heavy atom. The maximum atomic E-state index is 11.1. The summed E-state index contributed by atoms with van der Waals surface area (Å²) in [6.07, 6.45) is 1.43. The highest BCUT2D eigenvalue weighted by molar-refractivity contribution is 5.87. The van der Waals surface area contributed by atoms with Crippen molar-refractivity contribution in [2.24, 2.45) is 0 Å². The summed E-state index contributed by atoms with van der Waals surface area (Å²) in [5.41, 5.74) is 0. The third kappa shape index (κ3) is 4.99. The first-order valence-electron chi connectivity index (χ1n) is 4.47. The molecule has 7 nitrogen and oxygen atoms in total. The first kappa shape index (κ1) is 11.5. The van der Waals surface area contributed by atoms with Crippen LogP contribution in [0.15, 0.2) is 16.8 Å². The molecule has 15 heavy (non-hydrogen) atoms. The zero-order valence-corrected chi connectivity index (χ0v) is 8.10. The molecule has 0 radical (unpaired) electrons. The Balaban J connectivity index is 2.04. The lowest BCUT2D eigenvalue weighted by Gasteiger charge is -2.04. The number of carbonyl (C=O) groups excluding carboxylic acids is 1. The van der Waals surface area contributed by atoms with Crippen molar-refractivity contribution in [1.82, 2.24) is 10.5 Å². The van der Waals surface area contributed by atoms with Crippen molar-refractivity contribution in [2.45, 2.75) is 0 Å². The first-order chi connectivity index (χ1) is 7.33. The smallest absolute Gasteiger partial charge is 0.321 e. The van der Waals surface area contributed by atoms with E-state index >= 15 is 0 Å². The Morgan fingerprint density at radius 1 is 1.60 bits per heavy atom. The quantitative estimate of drug-likeness (QED) is 0.571. The monoisotopic (exact) mass is 215 g/mol. The van der Waals surface area contributed by atoms with Crippen LogP contribution in [0.4, 0.5) is 10.7 Å². The highest BCUT2D eigenvalue weighted by Crippen LogP contribution is 2.02. The number of hydrogen-bond donors (Lipinski definition) is 3. The molecule has 0 aliphatic rings. The van der Waals surface area contributed by atoms with Gasteiger partial charge in [-0.3, -0.25) is 5.32 Å². The summed E-state index contributed by atoms with van der Waals surface area (Å²) < 4.78 is 9.60. The number of aromatic nitrogens is 1. The van der Waals surface area contributed by atoms with Gasteiger partial charge in [0.15, 0.2) is 0 Å². The van der Waals surface area contributed by atoms with E-state index in [1.807, 2.05) is 0 Å². The lowest BCUT2D eigenvalue weighted by atomic mass is 10.6. The summed E-state index contributed by atoms with van der Waals surface area (Å²) in [4.78, 5) is 11.1. The molecule has 1 aromatic rings. The zero-order valence-electron chi connectivity index (χ0n) is 8.10. The van der Waals surface area contributed by atoms with Gasteiger partial charge in [-0.15, -0.1) is 0 Å². The van der Waals surface area contributed by atoms with Gasteiger partial charge in [0, 0.05) is 12.6 Å². The lowest BCUT2D eigenvalue weighted by Crippen LogP contribution is -2.31. The van der Waals surface area contributed by atoms with E-state index in [2.05, 4.69) is 20.3 Å². The van der Waals surface area contributed by atoms with Gasteiger partial charge in [0.25, 0.3) is 0 Å². The minimum absolute atomic E-state index is 0.0236. The van der Waals surface area contributed by atoms with E-state index in [0.29, 0.717) is 13.2 Å². The summed E-state index contributed by atoms with van der Waals surface area (Å²) >= 11 is 0. The van der Waals surface area contributed by atoms with Crippen LogP contribution < -0.4 is 10.6 Å². The van der Waals surface area contributed by atoms with Crippen LogP contribution in [0.5, 0.6) is 0 Å². The number of urea groups is 1. The molecular formula is C8H13N3O4.